The smallest absolute Gasteiger partial charge is 0.419 e. The number of aromatic nitrogens is 1. The van der Waals surface area contributed by atoms with Gasteiger partial charge in [0.1, 0.15) is 5.60 Å². The van der Waals surface area contributed by atoms with E-state index in [0.717, 1.165) is 0 Å². The predicted octanol–water partition coefficient (Wildman–Crippen LogP) is 3.64. The van der Waals surface area contributed by atoms with E-state index in [1.165, 1.54) is 10.6 Å². The number of nitro groups is 1. The fraction of sp³-hybridized carbons (Fsp3) is 0.357. The molecule has 0 fully saturated rings. The lowest BCUT2D eigenvalue weighted by molar-refractivity contribution is -0.383. The van der Waals surface area contributed by atoms with Crippen LogP contribution in [0.3, 0.4) is 0 Å². The van der Waals surface area contributed by atoms with Crippen molar-refractivity contribution in [2.45, 2.75) is 33.3 Å². The molecule has 1 heterocycles. The van der Waals surface area contributed by atoms with Gasteiger partial charge in [-0.3, -0.25) is 10.1 Å². The summed E-state index contributed by atoms with van der Waals surface area (Å²) in [4.78, 5) is 22.8. The Hall–Kier alpha value is -2.37. The first-order valence-corrected chi connectivity index (χ1v) is 6.19. The first kappa shape index (κ1) is 14.0. The maximum atomic E-state index is 12.2. The third kappa shape index (κ3) is 2.49. The molecule has 0 aliphatic heterocycles. The Kier molecular flexibility index (Phi) is 3.25. The third-order valence-corrected chi connectivity index (χ3v) is 2.78. The van der Waals surface area contributed by atoms with E-state index in [1.807, 2.05) is 0 Å². The molecule has 1 aromatic carbocycles. The van der Waals surface area contributed by atoms with Crippen molar-refractivity contribution in [3.8, 4) is 0 Å². The lowest BCUT2D eigenvalue weighted by Gasteiger charge is -2.20. The number of nitro benzene ring substituents is 1. The normalized spacial score (nSPS) is 11.6. The summed E-state index contributed by atoms with van der Waals surface area (Å²) in [5, 5.41) is 11.4. The zero-order valence-electron chi connectivity index (χ0n) is 11.8. The molecule has 6 heteroatoms. The van der Waals surface area contributed by atoms with Gasteiger partial charge in [0.25, 0.3) is 5.69 Å². The maximum Gasteiger partial charge on any atom is 0.419 e. The average Bonchev–Trinajstić information content (AvgIpc) is 2.61. The zero-order chi connectivity index (χ0) is 15.1. The first-order chi connectivity index (χ1) is 9.20. The van der Waals surface area contributed by atoms with E-state index in [-0.39, 0.29) is 5.69 Å². The number of ether oxygens (including phenoxy) is 1. The van der Waals surface area contributed by atoms with Crippen molar-refractivity contribution in [2.24, 2.45) is 0 Å². The molecule has 2 aromatic rings. The van der Waals surface area contributed by atoms with Crippen molar-refractivity contribution in [1.29, 1.82) is 0 Å². The van der Waals surface area contributed by atoms with Gasteiger partial charge in [-0.05, 0) is 39.8 Å². The second kappa shape index (κ2) is 4.63. The molecule has 20 heavy (non-hydrogen) atoms. The number of hydrogen-bond acceptors (Lipinski definition) is 4. The van der Waals surface area contributed by atoms with Gasteiger partial charge in [-0.2, -0.15) is 0 Å². The summed E-state index contributed by atoms with van der Waals surface area (Å²) in [5.74, 6) is 0. The van der Waals surface area contributed by atoms with Crippen LogP contribution in [0.2, 0.25) is 0 Å². The summed E-state index contributed by atoms with van der Waals surface area (Å²) in [7, 11) is 0. The molecule has 0 saturated heterocycles. The fourth-order valence-electron chi connectivity index (χ4n) is 2.06. The van der Waals surface area contributed by atoms with Crippen molar-refractivity contribution in [3.05, 3.63) is 40.1 Å². The minimum absolute atomic E-state index is 0.0205. The summed E-state index contributed by atoms with van der Waals surface area (Å²) >= 11 is 0. The van der Waals surface area contributed by atoms with Crippen LogP contribution in [0.25, 0.3) is 10.9 Å². The lowest BCUT2D eigenvalue weighted by atomic mass is 10.2. The Balaban J connectivity index is 2.61. The SMILES string of the molecule is Cc1cc2c([N+](=O)[O-])cccc2n1C(=O)OC(C)(C)C. The number of non-ortho nitro benzene ring substituents is 1. The number of hydrogen-bond donors (Lipinski definition) is 0. The van der Waals surface area contributed by atoms with Gasteiger partial charge in [0.05, 0.1) is 15.8 Å². The van der Waals surface area contributed by atoms with Gasteiger partial charge < -0.3 is 4.74 Å². The molecular weight excluding hydrogens is 260 g/mol. The molecule has 0 bridgehead atoms. The topological polar surface area (TPSA) is 74.4 Å². The van der Waals surface area contributed by atoms with Crippen molar-refractivity contribution in [3.63, 3.8) is 0 Å². The number of aryl methyl sites for hydroxylation is 1. The van der Waals surface area contributed by atoms with E-state index >= 15 is 0 Å². The largest absolute Gasteiger partial charge is 0.443 e. The number of rotatable bonds is 1. The summed E-state index contributed by atoms with van der Waals surface area (Å²) in [5.41, 5.74) is 0.434. The number of carbonyl (C=O) groups excluding carboxylic acids is 1. The highest BCUT2D eigenvalue weighted by Crippen LogP contribution is 2.29. The van der Waals surface area contributed by atoms with Crippen molar-refractivity contribution in [2.75, 3.05) is 0 Å². The van der Waals surface area contributed by atoms with Crippen LogP contribution >= 0.6 is 0 Å². The van der Waals surface area contributed by atoms with Crippen LogP contribution in [-0.4, -0.2) is 21.2 Å². The molecular formula is C14H16N2O4. The summed E-state index contributed by atoms with van der Waals surface area (Å²) in [6.07, 6.45) is -0.537. The van der Waals surface area contributed by atoms with Crippen LogP contribution < -0.4 is 0 Å². The van der Waals surface area contributed by atoms with Crippen LogP contribution in [0.1, 0.15) is 26.5 Å². The number of benzene rings is 1. The summed E-state index contributed by atoms with van der Waals surface area (Å²) < 4.78 is 6.68. The average molecular weight is 276 g/mol. The molecule has 2 rings (SSSR count). The predicted molar refractivity (Wildman–Crippen MR) is 75.0 cm³/mol. The maximum absolute atomic E-state index is 12.2. The van der Waals surface area contributed by atoms with E-state index in [9.17, 15) is 14.9 Å². The highest BCUT2D eigenvalue weighted by Gasteiger charge is 2.23. The van der Waals surface area contributed by atoms with Gasteiger partial charge in [-0.25, -0.2) is 9.36 Å². The summed E-state index contributed by atoms with van der Waals surface area (Å²) in [6.45, 7) is 7.03. The Morgan fingerprint density at radius 1 is 1.35 bits per heavy atom. The Morgan fingerprint density at radius 2 is 2.00 bits per heavy atom. The van der Waals surface area contributed by atoms with E-state index in [0.29, 0.717) is 16.6 Å². The number of nitrogens with zero attached hydrogens (tertiary/aromatic N) is 2. The van der Waals surface area contributed by atoms with Crippen LogP contribution in [0.15, 0.2) is 24.3 Å². The zero-order valence-corrected chi connectivity index (χ0v) is 11.8. The van der Waals surface area contributed by atoms with Crippen molar-refractivity contribution < 1.29 is 14.5 Å². The fourth-order valence-corrected chi connectivity index (χ4v) is 2.06. The molecule has 1 aromatic heterocycles. The molecule has 0 unspecified atom stereocenters. The Labute approximate surface area is 116 Å². The molecule has 0 aliphatic carbocycles. The Morgan fingerprint density at radius 3 is 2.55 bits per heavy atom. The van der Waals surface area contributed by atoms with E-state index < -0.39 is 16.6 Å². The highest BCUT2D eigenvalue weighted by atomic mass is 16.6. The number of fused-ring (bicyclic) bond motifs is 1. The van der Waals surface area contributed by atoms with E-state index in [1.54, 1.807) is 45.9 Å². The van der Waals surface area contributed by atoms with E-state index in [4.69, 9.17) is 4.74 Å². The molecule has 0 spiro atoms. The third-order valence-electron chi connectivity index (χ3n) is 2.78. The second-order valence-corrected chi connectivity index (χ2v) is 5.57. The molecule has 6 nitrogen and oxygen atoms in total. The summed E-state index contributed by atoms with van der Waals surface area (Å²) in [6, 6.07) is 6.26. The van der Waals surface area contributed by atoms with Crippen LogP contribution in [0.5, 0.6) is 0 Å². The highest BCUT2D eigenvalue weighted by molar-refractivity contribution is 5.96. The van der Waals surface area contributed by atoms with Crippen molar-refractivity contribution >= 4 is 22.7 Å². The minimum Gasteiger partial charge on any atom is -0.443 e. The van der Waals surface area contributed by atoms with Crippen molar-refractivity contribution in [1.82, 2.24) is 4.57 Å². The molecule has 0 N–H and O–H groups in total. The quantitative estimate of drug-likeness (QED) is 0.588. The van der Waals surface area contributed by atoms with Crippen LogP contribution in [-0.2, 0) is 4.74 Å². The van der Waals surface area contributed by atoms with Gasteiger partial charge >= 0.3 is 6.09 Å². The molecule has 0 saturated carbocycles. The second-order valence-electron chi connectivity index (χ2n) is 5.57. The molecule has 0 radical (unpaired) electrons. The van der Waals surface area contributed by atoms with Crippen LogP contribution in [0.4, 0.5) is 10.5 Å². The first-order valence-electron chi connectivity index (χ1n) is 6.19. The molecule has 0 amide bonds. The lowest BCUT2D eigenvalue weighted by Crippen LogP contribution is -2.27. The number of carbonyl (C=O) groups is 1. The standard InChI is InChI=1S/C14H16N2O4/c1-9-8-10-11(6-5-7-12(10)16(18)19)15(9)13(17)20-14(2,3)4/h5-8H,1-4H3. The van der Waals surface area contributed by atoms with E-state index in [2.05, 4.69) is 0 Å². The monoisotopic (exact) mass is 276 g/mol. The molecule has 0 aliphatic rings. The minimum atomic E-state index is -0.624. The van der Waals surface area contributed by atoms with Gasteiger partial charge in [0, 0.05) is 11.8 Å². The van der Waals surface area contributed by atoms with Crippen LogP contribution in [0, 0.1) is 17.0 Å². The van der Waals surface area contributed by atoms with Gasteiger partial charge in [-0.15, -0.1) is 0 Å². The van der Waals surface area contributed by atoms with Gasteiger partial charge in [0.2, 0.25) is 0 Å². The molecule has 0 atom stereocenters. The van der Waals surface area contributed by atoms with Gasteiger partial charge in [-0.1, -0.05) is 6.07 Å². The van der Waals surface area contributed by atoms with Gasteiger partial charge in [0.15, 0.2) is 0 Å². The Bertz CT molecular complexity index is 695. The molecule has 106 valence electrons.